The van der Waals surface area contributed by atoms with Crippen LogP contribution >= 0.6 is 11.6 Å². The molecule has 29 heavy (non-hydrogen) atoms. The summed E-state index contributed by atoms with van der Waals surface area (Å²) in [5.41, 5.74) is 1.38. The van der Waals surface area contributed by atoms with E-state index < -0.39 is 5.91 Å². The van der Waals surface area contributed by atoms with Gasteiger partial charge in [0.05, 0.1) is 5.56 Å². The van der Waals surface area contributed by atoms with E-state index in [0.29, 0.717) is 23.8 Å². The number of phenolic OH excluding ortho intramolecular Hbond substituents is 1. The van der Waals surface area contributed by atoms with Crippen molar-refractivity contribution >= 4 is 29.1 Å². The summed E-state index contributed by atoms with van der Waals surface area (Å²) in [7, 11) is 0. The van der Waals surface area contributed by atoms with Gasteiger partial charge < -0.3 is 15.7 Å². The molecule has 3 rings (SSSR count). The van der Waals surface area contributed by atoms with E-state index in [0.717, 1.165) is 24.9 Å². The Morgan fingerprint density at radius 3 is 2.79 bits per heavy atom. The average molecular weight is 420 g/mol. The van der Waals surface area contributed by atoms with E-state index in [9.17, 15) is 19.1 Å². The van der Waals surface area contributed by atoms with Crippen molar-refractivity contribution in [3.8, 4) is 5.75 Å². The van der Waals surface area contributed by atoms with Crippen molar-refractivity contribution < 1.29 is 19.1 Å². The number of anilines is 1. The second kappa shape index (κ2) is 9.24. The Bertz CT molecular complexity index is 922. The highest BCUT2D eigenvalue weighted by atomic mass is 35.5. The molecular weight excluding hydrogens is 397 g/mol. The fourth-order valence-electron chi connectivity index (χ4n) is 3.47. The zero-order chi connectivity index (χ0) is 21.0. The van der Waals surface area contributed by atoms with Crippen LogP contribution in [-0.4, -0.2) is 41.0 Å². The molecule has 6 nitrogen and oxygen atoms in total. The third kappa shape index (κ3) is 5.68. The Kier molecular flexibility index (Phi) is 6.71. The van der Waals surface area contributed by atoms with E-state index in [2.05, 4.69) is 15.5 Å². The van der Waals surface area contributed by atoms with Crippen molar-refractivity contribution in [1.29, 1.82) is 0 Å². The lowest BCUT2D eigenvalue weighted by molar-refractivity contribution is -0.114. The fourth-order valence-corrected chi connectivity index (χ4v) is 3.70. The molecule has 2 aromatic carbocycles. The third-order valence-corrected chi connectivity index (χ3v) is 5.16. The van der Waals surface area contributed by atoms with E-state index in [4.69, 9.17) is 11.6 Å². The first kappa shape index (κ1) is 21.1. The number of piperidine rings is 1. The molecule has 0 radical (unpaired) electrons. The van der Waals surface area contributed by atoms with E-state index in [-0.39, 0.29) is 29.1 Å². The smallest absolute Gasteiger partial charge is 0.255 e. The van der Waals surface area contributed by atoms with Gasteiger partial charge in [-0.15, -0.1) is 0 Å². The second-order valence-electron chi connectivity index (χ2n) is 7.20. The SMILES string of the molecule is CC(=O)Nc1ccc(O)c(C(=O)NC2CCCN(Cc3ccc(F)cc3Cl)C2)c1. The molecule has 1 unspecified atom stereocenters. The van der Waals surface area contributed by atoms with Crippen molar-refractivity contribution in [2.45, 2.75) is 32.4 Å². The maximum absolute atomic E-state index is 13.2. The van der Waals surface area contributed by atoms with Crippen LogP contribution in [0.5, 0.6) is 5.75 Å². The summed E-state index contributed by atoms with van der Waals surface area (Å²) >= 11 is 6.12. The minimum atomic E-state index is -0.402. The number of nitrogens with zero attached hydrogens (tertiary/aromatic N) is 1. The van der Waals surface area contributed by atoms with Crippen LogP contribution in [0.1, 0.15) is 35.7 Å². The number of halogens is 2. The minimum Gasteiger partial charge on any atom is -0.507 e. The predicted octanol–water partition coefficient (Wildman–Crippen LogP) is 3.54. The molecule has 154 valence electrons. The van der Waals surface area contributed by atoms with E-state index in [1.54, 1.807) is 6.07 Å². The van der Waals surface area contributed by atoms with Crippen LogP contribution in [0.15, 0.2) is 36.4 Å². The summed E-state index contributed by atoms with van der Waals surface area (Å²) < 4.78 is 13.2. The standard InChI is InChI=1S/C21H23ClFN3O3/c1-13(27)24-16-6-7-20(28)18(10-16)21(29)25-17-3-2-8-26(12-17)11-14-4-5-15(23)9-19(14)22/h4-7,9-10,17,28H,2-3,8,11-12H2,1H3,(H,24,27)(H,25,29). The van der Waals surface area contributed by atoms with Crippen molar-refractivity contribution in [2.75, 3.05) is 18.4 Å². The number of rotatable bonds is 5. The third-order valence-electron chi connectivity index (χ3n) is 4.81. The first-order chi connectivity index (χ1) is 13.8. The van der Waals surface area contributed by atoms with Gasteiger partial charge in [0.15, 0.2) is 0 Å². The zero-order valence-corrected chi connectivity index (χ0v) is 16.8. The van der Waals surface area contributed by atoms with Crippen molar-refractivity contribution in [1.82, 2.24) is 10.2 Å². The van der Waals surface area contributed by atoms with Gasteiger partial charge in [0.25, 0.3) is 5.91 Å². The van der Waals surface area contributed by atoms with Crippen LogP contribution in [0.25, 0.3) is 0 Å². The number of carbonyl (C=O) groups excluding carboxylic acids is 2. The molecule has 1 heterocycles. The van der Waals surface area contributed by atoms with Gasteiger partial charge >= 0.3 is 0 Å². The van der Waals surface area contributed by atoms with Gasteiger partial charge in [0.2, 0.25) is 5.91 Å². The van der Waals surface area contributed by atoms with Gasteiger partial charge in [0.1, 0.15) is 11.6 Å². The molecule has 2 amide bonds. The lowest BCUT2D eigenvalue weighted by Gasteiger charge is -2.33. The molecule has 0 saturated carbocycles. The van der Waals surface area contributed by atoms with Gasteiger partial charge in [-0.1, -0.05) is 17.7 Å². The molecule has 8 heteroatoms. The van der Waals surface area contributed by atoms with Crippen LogP contribution in [-0.2, 0) is 11.3 Å². The highest BCUT2D eigenvalue weighted by molar-refractivity contribution is 6.31. The molecule has 1 aliphatic rings. The van der Waals surface area contributed by atoms with Crippen LogP contribution in [0.3, 0.4) is 0 Å². The van der Waals surface area contributed by atoms with Crippen molar-refractivity contribution in [2.24, 2.45) is 0 Å². The van der Waals surface area contributed by atoms with Gasteiger partial charge in [-0.3, -0.25) is 14.5 Å². The molecule has 1 atom stereocenters. The lowest BCUT2D eigenvalue weighted by Crippen LogP contribution is -2.47. The van der Waals surface area contributed by atoms with Crippen LogP contribution in [0.2, 0.25) is 5.02 Å². The van der Waals surface area contributed by atoms with Gasteiger partial charge in [0, 0.05) is 36.8 Å². The number of likely N-dealkylation sites (tertiary alicyclic amines) is 1. The predicted molar refractivity (Wildman–Crippen MR) is 110 cm³/mol. The number of hydrogen-bond acceptors (Lipinski definition) is 4. The first-order valence-electron chi connectivity index (χ1n) is 9.39. The summed E-state index contributed by atoms with van der Waals surface area (Å²) in [6, 6.07) is 8.61. The zero-order valence-electron chi connectivity index (χ0n) is 16.0. The fraction of sp³-hybridized carbons (Fsp3) is 0.333. The average Bonchev–Trinajstić information content (AvgIpc) is 2.65. The maximum atomic E-state index is 13.2. The number of benzene rings is 2. The Hall–Kier alpha value is -2.64. The molecular formula is C21H23ClFN3O3. The molecule has 1 aliphatic heterocycles. The molecule has 0 spiro atoms. The Balaban J connectivity index is 1.64. The minimum absolute atomic E-state index is 0.0979. The topological polar surface area (TPSA) is 81.7 Å². The van der Waals surface area contributed by atoms with Crippen LogP contribution in [0, 0.1) is 5.82 Å². The molecule has 0 bridgehead atoms. The number of amides is 2. The maximum Gasteiger partial charge on any atom is 0.255 e. The highest BCUT2D eigenvalue weighted by Crippen LogP contribution is 2.23. The quantitative estimate of drug-likeness (QED) is 0.647. The molecule has 3 N–H and O–H groups in total. The van der Waals surface area contributed by atoms with Gasteiger partial charge in [-0.05, 0) is 55.3 Å². The van der Waals surface area contributed by atoms with Gasteiger partial charge in [-0.25, -0.2) is 4.39 Å². The molecule has 0 aliphatic carbocycles. The molecule has 1 saturated heterocycles. The second-order valence-corrected chi connectivity index (χ2v) is 7.60. The number of nitrogens with one attached hydrogen (secondary N) is 2. The summed E-state index contributed by atoms with van der Waals surface area (Å²) in [5, 5.41) is 16.0. The number of aromatic hydroxyl groups is 1. The Labute approximate surface area is 173 Å². The molecule has 1 fully saturated rings. The normalized spacial score (nSPS) is 17.0. The van der Waals surface area contributed by atoms with Crippen LogP contribution in [0.4, 0.5) is 10.1 Å². The van der Waals surface area contributed by atoms with E-state index in [1.807, 2.05) is 0 Å². The summed E-state index contributed by atoms with van der Waals surface area (Å²) in [6.07, 6.45) is 1.70. The van der Waals surface area contributed by atoms with Crippen molar-refractivity contribution in [3.63, 3.8) is 0 Å². The van der Waals surface area contributed by atoms with E-state index >= 15 is 0 Å². The summed E-state index contributed by atoms with van der Waals surface area (Å²) in [4.78, 5) is 26.0. The summed E-state index contributed by atoms with van der Waals surface area (Å²) in [5.74, 6) is -1.18. The van der Waals surface area contributed by atoms with Crippen molar-refractivity contribution in [3.05, 3.63) is 58.4 Å². The summed E-state index contributed by atoms with van der Waals surface area (Å²) in [6.45, 7) is 3.40. The van der Waals surface area contributed by atoms with E-state index in [1.165, 1.54) is 37.3 Å². The van der Waals surface area contributed by atoms with Gasteiger partial charge in [-0.2, -0.15) is 0 Å². The lowest BCUT2D eigenvalue weighted by atomic mass is 10.0. The molecule has 2 aromatic rings. The monoisotopic (exact) mass is 419 g/mol. The largest absolute Gasteiger partial charge is 0.507 e. The van der Waals surface area contributed by atoms with Crippen LogP contribution < -0.4 is 10.6 Å². The molecule has 0 aromatic heterocycles. The highest BCUT2D eigenvalue weighted by Gasteiger charge is 2.23. The number of phenols is 1. The number of hydrogen-bond donors (Lipinski definition) is 3. The first-order valence-corrected chi connectivity index (χ1v) is 9.77. The Morgan fingerprint density at radius 2 is 2.07 bits per heavy atom. The number of carbonyl (C=O) groups is 2. The Morgan fingerprint density at radius 1 is 1.28 bits per heavy atom.